The van der Waals surface area contributed by atoms with Crippen LogP contribution in [-0.4, -0.2) is 0 Å². The van der Waals surface area contributed by atoms with Crippen LogP contribution in [0, 0.1) is 23.2 Å². The predicted octanol–water partition coefficient (Wildman–Crippen LogP) is 3.47. The van der Waals surface area contributed by atoms with Crippen LogP contribution < -0.4 is 0 Å². The molecule has 2 rings (SSSR count). The standard InChI is InChI=1S/C11H20/c1-4-8-5-6-9-10(7-8)11(9,2)3/h8-10H,4-7H2,1-3H3. The van der Waals surface area contributed by atoms with Crippen molar-refractivity contribution in [3.05, 3.63) is 0 Å². The molecule has 64 valence electrons. The van der Waals surface area contributed by atoms with E-state index >= 15 is 0 Å². The number of fused-ring (bicyclic) bond motifs is 1. The Hall–Kier alpha value is 0. The van der Waals surface area contributed by atoms with E-state index in [1.807, 2.05) is 0 Å². The smallest absolute Gasteiger partial charge is 0.0292 e. The molecule has 0 aromatic carbocycles. The number of hydrogen-bond donors (Lipinski definition) is 0. The largest absolute Gasteiger partial charge is 0.0651 e. The molecule has 0 heterocycles. The van der Waals surface area contributed by atoms with Crippen LogP contribution in [0.2, 0.25) is 0 Å². The third-order valence-electron chi connectivity index (χ3n) is 4.34. The van der Waals surface area contributed by atoms with Gasteiger partial charge in [-0.25, -0.2) is 0 Å². The second-order valence-electron chi connectivity index (χ2n) is 5.12. The van der Waals surface area contributed by atoms with Gasteiger partial charge >= 0.3 is 0 Å². The van der Waals surface area contributed by atoms with Crippen LogP contribution in [0.25, 0.3) is 0 Å². The molecule has 0 spiro atoms. The highest BCUT2D eigenvalue weighted by atomic mass is 14.6. The van der Waals surface area contributed by atoms with Crippen molar-refractivity contribution in [3.63, 3.8) is 0 Å². The van der Waals surface area contributed by atoms with Gasteiger partial charge < -0.3 is 0 Å². The average Bonchev–Trinajstić information content (AvgIpc) is 2.55. The normalized spacial score (nSPS) is 46.6. The number of rotatable bonds is 1. The molecule has 0 bridgehead atoms. The molecule has 0 amide bonds. The minimum atomic E-state index is 0.726. The van der Waals surface area contributed by atoms with Crippen molar-refractivity contribution >= 4 is 0 Å². The lowest BCUT2D eigenvalue weighted by Gasteiger charge is -2.18. The third-order valence-corrected chi connectivity index (χ3v) is 4.34. The lowest BCUT2D eigenvalue weighted by atomic mass is 9.88. The van der Waals surface area contributed by atoms with Crippen LogP contribution in [0.3, 0.4) is 0 Å². The quantitative estimate of drug-likeness (QED) is 0.539. The molecule has 3 unspecified atom stereocenters. The molecule has 0 saturated heterocycles. The van der Waals surface area contributed by atoms with E-state index in [1.54, 1.807) is 0 Å². The van der Waals surface area contributed by atoms with Gasteiger partial charge in [-0.3, -0.25) is 0 Å². The molecule has 0 heteroatoms. The van der Waals surface area contributed by atoms with Gasteiger partial charge in [0.2, 0.25) is 0 Å². The fraction of sp³-hybridized carbons (Fsp3) is 1.00. The van der Waals surface area contributed by atoms with Gasteiger partial charge in [0.15, 0.2) is 0 Å². The fourth-order valence-corrected chi connectivity index (χ4v) is 3.16. The molecule has 2 saturated carbocycles. The third kappa shape index (κ3) is 1.02. The van der Waals surface area contributed by atoms with E-state index in [-0.39, 0.29) is 0 Å². The molecular weight excluding hydrogens is 132 g/mol. The lowest BCUT2D eigenvalue weighted by molar-refractivity contribution is 0.334. The Kier molecular flexibility index (Phi) is 1.56. The van der Waals surface area contributed by atoms with Crippen LogP contribution in [0.15, 0.2) is 0 Å². The molecule has 0 nitrogen and oxygen atoms in total. The molecule has 3 atom stereocenters. The van der Waals surface area contributed by atoms with Crippen molar-refractivity contribution in [2.24, 2.45) is 23.2 Å². The first kappa shape index (κ1) is 7.64. The zero-order valence-electron chi connectivity index (χ0n) is 8.06. The van der Waals surface area contributed by atoms with Crippen molar-refractivity contribution in [2.45, 2.75) is 46.5 Å². The van der Waals surface area contributed by atoms with Gasteiger partial charge in [0.05, 0.1) is 0 Å². The molecule has 11 heavy (non-hydrogen) atoms. The molecule has 0 aliphatic heterocycles. The van der Waals surface area contributed by atoms with E-state index in [2.05, 4.69) is 20.8 Å². The van der Waals surface area contributed by atoms with Gasteiger partial charge in [-0.05, 0) is 36.0 Å². The van der Waals surface area contributed by atoms with Crippen LogP contribution >= 0.6 is 0 Å². The molecule has 0 aromatic heterocycles. The SMILES string of the molecule is CCC1CCC2C(C1)C2(C)C. The summed E-state index contributed by atoms with van der Waals surface area (Å²) < 4.78 is 0. The first-order chi connectivity index (χ1) is 5.16. The zero-order chi connectivity index (χ0) is 8.06. The number of hydrogen-bond acceptors (Lipinski definition) is 0. The fourth-order valence-electron chi connectivity index (χ4n) is 3.16. The Morgan fingerprint density at radius 2 is 1.91 bits per heavy atom. The summed E-state index contributed by atoms with van der Waals surface area (Å²) in [6.07, 6.45) is 5.99. The van der Waals surface area contributed by atoms with Crippen LogP contribution in [0.1, 0.15) is 46.5 Å². The lowest BCUT2D eigenvalue weighted by Crippen LogP contribution is -2.06. The van der Waals surface area contributed by atoms with Crippen molar-refractivity contribution in [1.29, 1.82) is 0 Å². The molecule has 0 aromatic rings. The van der Waals surface area contributed by atoms with Crippen LogP contribution in [0.5, 0.6) is 0 Å². The van der Waals surface area contributed by atoms with Gasteiger partial charge in [-0.1, -0.05) is 33.6 Å². The molecule has 0 radical (unpaired) electrons. The molecule has 2 fully saturated rings. The van der Waals surface area contributed by atoms with Crippen molar-refractivity contribution < 1.29 is 0 Å². The van der Waals surface area contributed by atoms with Crippen LogP contribution in [-0.2, 0) is 0 Å². The predicted molar refractivity (Wildman–Crippen MR) is 48.4 cm³/mol. The molecule has 0 N–H and O–H groups in total. The summed E-state index contributed by atoms with van der Waals surface area (Å²) in [5, 5.41) is 0. The first-order valence-electron chi connectivity index (χ1n) is 5.16. The van der Waals surface area contributed by atoms with Gasteiger partial charge in [0.25, 0.3) is 0 Å². The van der Waals surface area contributed by atoms with E-state index in [1.165, 1.54) is 25.7 Å². The van der Waals surface area contributed by atoms with E-state index in [0.717, 1.165) is 23.2 Å². The summed E-state index contributed by atoms with van der Waals surface area (Å²) in [4.78, 5) is 0. The molecule has 2 aliphatic carbocycles. The summed E-state index contributed by atoms with van der Waals surface area (Å²) in [6.45, 7) is 7.26. The highest BCUT2D eigenvalue weighted by Gasteiger charge is 2.58. The minimum absolute atomic E-state index is 0.726. The van der Waals surface area contributed by atoms with Crippen molar-refractivity contribution in [3.8, 4) is 0 Å². The maximum atomic E-state index is 2.46. The Balaban J connectivity index is 1.97. The van der Waals surface area contributed by atoms with E-state index in [0.29, 0.717) is 0 Å². The summed E-state index contributed by atoms with van der Waals surface area (Å²) in [5.41, 5.74) is 0.726. The Labute approximate surface area is 70.4 Å². The second kappa shape index (κ2) is 2.24. The highest BCUT2D eigenvalue weighted by Crippen LogP contribution is 2.65. The Morgan fingerprint density at radius 1 is 1.18 bits per heavy atom. The summed E-state index contributed by atoms with van der Waals surface area (Å²) >= 11 is 0. The topological polar surface area (TPSA) is 0 Å². The summed E-state index contributed by atoms with van der Waals surface area (Å²) in [7, 11) is 0. The van der Waals surface area contributed by atoms with E-state index in [9.17, 15) is 0 Å². The summed E-state index contributed by atoms with van der Waals surface area (Å²) in [6, 6.07) is 0. The average molecular weight is 152 g/mol. The van der Waals surface area contributed by atoms with Crippen molar-refractivity contribution in [1.82, 2.24) is 0 Å². The maximum Gasteiger partial charge on any atom is -0.0292 e. The van der Waals surface area contributed by atoms with E-state index < -0.39 is 0 Å². The van der Waals surface area contributed by atoms with Gasteiger partial charge in [-0.15, -0.1) is 0 Å². The molecular formula is C11H20. The van der Waals surface area contributed by atoms with Gasteiger partial charge in [0.1, 0.15) is 0 Å². The van der Waals surface area contributed by atoms with Crippen molar-refractivity contribution in [2.75, 3.05) is 0 Å². The maximum absolute atomic E-state index is 2.46. The molecule has 2 aliphatic rings. The van der Waals surface area contributed by atoms with E-state index in [4.69, 9.17) is 0 Å². The second-order valence-corrected chi connectivity index (χ2v) is 5.12. The van der Waals surface area contributed by atoms with Gasteiger partial charge in [0, 0.05) is 0 Å². The first-order valence-corrected chi connectivity index (χ1v) is 5.16. The van der Waals surface area contributed by atoms with Gasteiger partial charge in [-0.2, -0.15) is 0 Å². The zero-order valence-corrected chi connectivity index (χ0v) is 8.06. The van der Waals surface area contributed by atoms with Crippen LogP contribution in [0.4, 0.5) is 0 Å². The summed E-state index contributed by atoms with van der Waals surface area (Å²) in [5.74, 6) is 3.27. The monoisotopic (exact) mass is 152 g/mol. The Bertz CT molecular complexity index is 157. The highest BCUT2D eigenvalue weighted by molar-refractivity contribution is 5.07. The Morgan fingerprint density at radius 3 is 2.45 bits per heavy atom. The minimum Gasteiger partial charge on any atom is -0.0651 e.